The summed E-state index contributed by atoms with van der Waals surface area (Å²) in [6.45, 7) is 6.22. The molecule has 1 heterocycles. The number of nitrogens with one attached hydrogen (secondary N) is 1. The van der Waals surface area contributed by atoms with Crippen LogP contribution in [0.4, 0.5) is 0 Å². The van der Waals surface area contributed by atoms with Crippen molar-refractivity contribution in [3.8, 4) is 0 Å². The van der Waals surface area contributed by atoms with Crippen LogP contribution in [0.1, 0.15) is 50.2 Å². The number of hydrogen-bond donors (Lipinski definition) is 1. The molecular formula is C18H24N4OS. The van der Waals surface area contributed by atoms with Crippen molar-refractivity contribution in [1.29, 1.82) is 0 Å². The van der Waals surface area contributed by atoms with Crippen LogP contribution in [0.15, 0.2) is 35.5 Å². The standard InChI is InChI=1S/C18H24N4OS/c1-12(2)17(14-7-5-4-6-8-14)19-16(23)11-24-18-21-20-13(3)22(18)15-9-10-15/h4-8,12,15,17H,9-11H2,1-3H3,(H,19,23)/t17-/m1/s1. The average molecular weight is 344 g/mol. The van der Waals surface area contributed by atoms with E-state index in [1.54, 1.807) is 0 Å². The molecule has 1 fully saturated rings. The number of thioether (sulfide) groups is 1. The summed E-state index contributed by atoms with van der Waals surface area (Å²) in [7, 11) is 0. The van der Waals surface area contributed by atoms with Gasteiger partial charge in [-0.05, 0) is 31.2 Å². The predicted octanol–water partition coefficient (Wildman–Crippen LogP) is 3.53. The molecule has 1 N–H and O–H groups in total. The lowest BCUT2D eigenvalue weighted by Gasteiger charge is -2.22. The van der Waals surface area contributed by atoms with E-state index in [0.717, 1.165) is 16.5 Å². The molecule has 1 aliphatic carbocycles. The minimum absolute atomic E-state index is 0.0299. The molecule has 0 aliphatic heterocycles. The highest BCUT2D eigenvalue weighted by Gasteiger charge is 2.28. The monoisotopic (exact) mass is 344 g/mol. The van der Waals surface area contributed by atoms with Crippen LogP contribution in [-0.4, -0.2) is 26.4 Å². The normalized spacial score (nSPS) is 15.5. The van der Waals surface area contributed by atoms with Crippen LogP contribution in [0.25, 0.3) is 0 Å². The van der Waals surface area contributed by atoms with Gasteiger partial charge in [-0.25, -0.2) is 0 Å². The third-order valence-corrected chi connectivity index (χ3v) is 5.16. The van der Waals surface area contributed by atoms with E-state index in [9.17, 15) is 4.79 Å². The van der Waals surface area contributed by atoms with Crippen molar-refractivity contribution >= 4 is 17.7 Å². The molecule has 5 nitrogen and oxygen atoms in total. The van der Waals surface area contributed by atoms with Gasteiger partial charge in [-0.2, -0.15) is 0 Å². The first-order valence-electron chi connectivity index (χ1n) is 8.45. The molecule has 128 valence electrons. The van der Waals surface area contributed by atoms with Gasteiger partial charge >= 0.3 is 0 Å². The molecule has 1 amide bonds. The van der Waals surface area contributed by atoms with Gasteiger partial charge in [0.15, 0.2) is 5.16 Å². The quantitative estimate of drug-likeness (QED) is 0.781. The van der Waals surface area contributed by atoms with Crippen LogP contribution < -0.4 is 5.32 Å². The van der Waals surface area contributed by atoms with Crippen LogP contribution in [0.3, 0.4) is 0 Å². The number of aromatic nitrogens is 3. The fourth-order valence-corrected chi connectivity index (χ4v) is 3.70. The minimum atomic E-state index is 0.0299. The van der Waals surface area contributed by atoms with Crippen molar-refractivity contribution < 1.29 is 4.79 Å². The molecule has 24 heavy (non-hydrogen) atoms. The Morgan fingerprint density at radius 3 is 2.62 bits per heavy atom. The number of carbonyl (C=O) groups is 1. The molecule has 1 saturated carbocycles. The van der Waals surface area contributed by atoms with Crippen LogP contribution in [0, 0.1) is 12.8 Å². The Labute approximate surface area is 147 Å². The van der Waals surface area contributed by atoms with E-state index < -0.39 is 0 Å². The van der Waals surface area contributed by atoms with Crippen LogP contribution in [-0.2, 0) is 4.79 Å². The Hall–Kier alpha value is -1.82. The summed E-state index contributed by atoms with van der Waals surface area (Å²) >= 11 is 1.47. The van der Waals surface area contributed by atoms with Crippen molar-refractivity contribution in [3.63, 3.8) is 0 Å². The SMILES string of the molecule is Cc1nnc(SCC(=O)N[C@@H](c2ccccc2)C(C)C)n1C1CC1. The lowest BCUT2D eigenvalue weighted by Crippen LogP contribution is -2.33. The van der Waals surface area contributed by atoms with Gasteiger partial charge in [0.25, 0.3) is 0 Å². The summed E-state index contributed by atoms with van der Waals surface area (Å²) in [5, 5.41) is 12.4. The molecule has 2 aromatic rings. The summed E-state index contributed by atoms with van der Waals surface area (Å²) in [6, 6.07) is 10.7. The number of rotatable bonds is 7. The van der Waals surface area contributed by atoms with Crippen LogP contribution >= 0.6 is 11.8 Å². The van der Waals surface area contributed by atoms with E-state index in [1.165, 1.54) is 24.6 Å². The van der Waals surface area contributed by atoms with E-state index in [2.05, 4.69) is 46.1 Å². The molecule has 0 saturated heterocycles. The fraction of sp³-hybridized carbons (Fsp3) is 0.500. The van der Waals surface area contributed by atoms with Gasteiger partial charge in [0.1, 0.15) is 5.82 Å². The Balaban J connectivity index is 1.60. The Morgan fingerprint density at radius 2 is 2.00 bits per heavy atom. The third-order valence-electron chi connectivity index (χ3n) is 4.22. The predicted molar refractivity (Wildman–Crippen MR) is 95.9 cm³/mol. The van der Waals surface area contributed by atoms with Gasteiger partial charge in [0, 0.05) is 6.04 Å². The van der Waals surface area contributed by atoms with Gasteiger partial charge in [0.2, 0.25) is 5.91 Å². The fourth-order valence-electron chi connectivity index (χ4n) is 2.84. The van der Waals surface area contributed by atoms with Crippen LogP contribution in [0.5, 0.6) is 0 Å². The zero-order chi connectivity index (χ0) is 17.1. The van der Waals surface area contributed by atoms with Gasteiger partial charge in [-0.15, -0.1) is 10.2 Å². The lowest BCUT2D eigenvalue weighted by molar-refractivity contribution is -0.119. The second-order valence-electron chi connectivity index (χ2n) is 6.62. The zero-order valence-electron chi connectivity index (χ0n) is 14.4. The van der Waals surface area contributed by atoms with Crippen LogP contribution in [0.2, 0.25) is 0 Å². The van der Waals surface area contributed by atoms with E-state index >= 15 is 0 Å². The number of nitrogens with zero attached hydrogens (tertiary/aromatic N) is 3. The number of hydrogen-bond acceptors (Lipinski definition) is 4. The number of benzene rings is 1. The second kappa shape index (κ2) is 7.38. The maximum absolute atomic E-state index is 12.4. The molecule has 1 aromatic heterocycles. The van der Waals surface area contributed by atoms with Crippen molar-refractivity contribution in [2.45, 2.75) is 50.9 Å². The molecule has 3 rings (SSSR count). The highest BCUT2D eigenvalue weighted by Crippen LogP contribution is 2.38. The summed E-state index contributed by atoms with van der Waals surface area (Å²) < 4.78 is 2.16. The number of amides is 1. The van der Waals surface area contributed by atoms with Crippen molar-refractivity contribution in [2.75, 3.05) is 5.75 Å². The minimum Gasteiger partial charge on any atom is -0.348 e. The van der Waals surface area contributed by atoms with E-state index in [-0.39, 0.29) is 11.9 Å². The number of carbonyl (C=O) groups excluding carboxylic acids is 1. The van der Waals surface area contributed by atoms with Gasteiger partial charge in [-0.1, -0.05) is 55.9 Å². The first-order valence-corrected chi connectivity index (χ1v) is 9.43. The summed E-state index contributed by atoms with van der Waals surface area (Å²) in [4.78, 5) is 12.4. The maximum Gasteiger partial charge on any atom is 0.230 e. The molecule has 0 bridgehead atoms. The smallest absolute Gasteiger partial charge is 0.230 e. The molecule has 1 atom stereocenters. The Bertz CT molecular complexity index is 694. The summed E-state index contributed by atoms with van der Waals surface area (Å²) in [6.07, 6.45) is 2.37. The first kappa shape index (κ1) is 17.0. The molecule has 6 heteroatoms. The Morgan fingerprint density at radius 1 is 1.29 bits per heavy atom. The van der Waals surface area contributed by atoms with E-state index in [4.69, 9.17) is 0 Å². The highest BCUT2D eigenvalue weighted by molar-refractivity contribution is 7.99. The number of aryl methyl sites for hydroxylation is 1. The topological polar surface area (TPSA) is 59.8 Å². The largest absolute Gasteiger partial charge is 0.348 e. The third kappa shape index (κ3) is 3.98. The van der Waals surface area contributed by atoms with Crippen molar-refractivity contribution in [1.82, 2.24) is 20.1 Å². The molecule has 1 aromatic carbocycles. The van der Waals surface area contributed by atoms with Crippen molar-refractivity contribution in [2.24, 2.45) is 5.92 Å². The molecule has 0 radical (unpaired) electrons. The molecular weight excluding hydrogens is 320 g/mol. The molecule has 0 spiro atoms. The molecule has 0 unspecified atom stereocenters. The molecule has 1 aliphatic rings. The lowest BCUT2D eigenvalue weighted by atomic mass is 9.96. The Kier molecular flexibility index (Phi) is 5.23. The maximum atomic E-state index is 12.4. The van der Waals surface area contributed by atoms with Gasteiger partial charge < -0.3 is 9.88 Å². The van der Waals surface area contributed by atoms with Gasteiger partial charge in [0.05, 0.1) is 11.8 Å². The second-order valence-corrected chi connectivity index (χ2v) is 7.56. The zero-order valence-corrected chi connectivity index (χ0v) is 15.2. The van der Waals surface area contributed by atoms with Crippen molar-refractivity contribution in [3.05, 3.63) is 41.7 Å². The summed E-state index contributed by atoms with van der Waals surface area (Å²) in [5.41, 5.74) is 1.14. The van der Waals surface area contributed by atoms with E-state index in [0.29, 0.717) is 17.7 Å². The first-order chi connectivity index (χ1) is 11.6. The van der Waals surface area contributed by atoms with Gasteiger partial charge in [-0.3, -0.25) is 4.79 Å². The van der Waals surface area contributed by atoms with E-state index in [1.807, 2.05) is 25.1 Å². The summed E-state index contributed by atoms with van der Waals surface area (Å²) in [5.74, 6) is 1.66. The highest BCUT2D eigenvalue weighted by atomic mass is 32.2. The average Bonchev–Trinajstić information content (AvgIpc) is 3.34.